The van der Waals surface area contributed by atoms with Gasteiger partial charge in [-0.2, -0.15) is 0 Å². The third kappa shape index (κ3) is 2.68. The quantitative estimate of drug-likeness (QED) is 0.630. The topological polar surface area (TPSA) is 20.3 Å². The van der Waals surface area contributed by atoms with Crippen LogP contribution in [0, 0.1) is 5.92 Å². The zero-order valence-electron chi connectivity index (χ0n) is 9.71. The fourth-order valence-electron chi connectivity index (χ4n) is 1.83. The molecule has 0 aromatic rings. The first-order valence-corrected chi connectivity index (χ1v) is 5.42. The van der Waals surface area contributed by atoms with Crippen molar-refractivity contribution in [3.63, 3.8) is 0 Å². The van der Waals surface area contributed by atoms with Gasteiger partial charge < -0.3 is 0 Å². The standard InChI is InChI=1S/C12H21NO/c1-9(2)5-7-13-8-6-12(14)10(3)11(13)4/h5,10-11H,6-8H2,1-4H3. The number of hydrogen-bond donors (Lipinski definition) is 0. The number of likely N-dealkylation sites (tertiary alicyclic amines) is 1. The molecule has 0 aromatic heterocycles. The van der Waals surface area contributed by atoms with Crippen LogP contribution in [0.3, 0.4) is 0 Å². The van der Waals surface area contributed by atoms with Gasteiger partial charge in [0.1, 0.15) is 5.78 Å². The minimum Gasteiger partial charge on any atom is -0.299 e. The molecule has 2 heteroatoms. The molecule has 2 nitrogen and oxygen atoms in total. The summed E-state index contributed by atoms with van der Waals surface area (Å²) in [5.74, 6) is 0.625. The first-order chi connectivity index (χ1) is 6.52. The Kier molecular flexibility index (Phi) is 3.87. The molecule has 1 rings (SSSR count). The highest BCUT2D eigenvalue weighted by Gasteiger charge is 2.29. The molecule has 1 fully saturated rings. The summed E-state index contributed by atoms with van der Waals surface area (Å²) in [5, 5.41) is 0. The molecule has 0 bridgehead atoms. The van der Waals surface area contributed by atoms with Gasteiger partial charge in [-0.25, -0.2) is 0 Å². The fourth-order valence-corrected chi connectivity index (χ4v) is 1.83. The molecular formula is C12H21NO. The summed E-state index contributed by atoms with van der Waals surface area (Å²) in [7, 11) is 0. The molecule has 0 N–H and O–H groups in total. The Balaban J connectivity index is 2.55. The van der Waals surface area contributed by atoms with E-state index in [1.165, 1.54) is 5.57 Å². The number of carbonyl (C=O) groups excluding carboxylic acids is 1. The molecule has 1 aliphatic heterocycles. The largest absolute Gasteiger partial charge is 0.299 e. The summed E-state index contributed by atoms with van der Waals surface area (Å²) in [5.41, 5.74) is 1.35. The van der Waals surface area contributed by atoms with E-state index >= 15 is 0 Å². The van der Waals surface area contributed by atoms with Gasteiger partial charge in [-0.05, 0) is 20.8 Å². The van der Waals surface area contributed by atoms with Crippen molar-refractivity contribution in [2.24, 2.45) is 5.92 Å². The van der Waals surface area contributed by atoms with Gasteiger partial charge in [-0.1, -0.05) is 18.6 Å². The lowest BCUT2D eigenvalue weighted by atomic mass is 9.91. The molecule has 0 aromatic carbocycles. The van der Waals surface area contributed by atoms with Crippen molar-refractivity contribution in [2.75, 3.05) is 13.1 Å². The molecule has 2 atom stereocenters. The number of carbonyl (C=O) groups is 1. The van der Waals surface area contributed by atoms with Crippen molar-refractivity contribution in [2.45, 2.75) is 40.2 Å². The van der Waals surface area contributed by atoms with Crippen LogP contribution in [0.2, 0.25) is 0 Å². The van der Waals surface area contributed by atoms with Gasteiger partial charge in [0.2, 0.25) is 0 Å². The van der Waals surface area contributed by atoms with E-state index in [0.29, 0.717) is 11.8 Å². The Morgan fingerprint density at radius 1 is 1.50 bits per heavy atom. The van der Waals surface area contributed by atoms with Gasteiger partial charge in [-0.3, -0.25) is 9.69 Å². The van der Waals surface area contributed by atoms with Crippen LogP contribution in [0.5, 0.6) is 0 Å². The normalized spacial score (nSPS) is 29.0. The average molecular weight is 195 g/mol. The van der Waals surface area contributed by atoms with Crippen molar-refractivity contribution in [1.29, 1.82) is 0 Å². The van der Waals surface area contributed by atoms with Crippen molar-refractivity contribution in [3.05, 3.63) is 11.6 Å². The Morgan fingerprint density at radius 3 is 2.71 bits per heavy atom. The Labute approximate surface area is 87.0 Å². The molecule has 14 heavy (non-hydrogen) atoms. The number of hydrogen-bond acceptors (Lipinski definition) is 2. The minimum atomic E-state index is 0.203. The maximum Gasteiger partial charge on any atom is 0.138 e. The van der Waals surface area contributed by atoms with Crippen LogP contribution in [-0.2, 0) is 4.79 Å². The molecule has 0 spiro atoms. The van der Waals surface area contributed by atoms with E-state index in [-0.39, 0.29) is 5.92 Å². The molecule has 1 heterocycles. The molecule has 2 unspecified atom stereocenters. The maximum absolute atomic E-state index is 11.4. The SMILES string of the molecule is CC(C)=CCN1CCC(=O)C(C)C1C. The molecule has 80 valence electrons. The van der Waals surface area contributed by atoms with Crippen LogP contribution in [0.15, 0.2) is 11.6 Å². The highest BCUT2D eigenvalue weighted by Crippen LogP contribution is 2.19. The molecule has 0 amide bonds. The van der Waals surface area contributed by atoms with E-state index in [2.05, 4.69) is 31.7 Å². The second-order valence-corrected chi connectivity index (χ2v) is 4.52. The summed E-state index contributed by atoms with van der Waals surface area (Å²) in [6.45, 7) is 10.3. The number of allylic oxidation sites excluding steroid dienone is 1. The Morgan fingerprint density at radius 2 is 2.14 bits per heavy atom. The molecule has 1 saturated heterocycles. The van der Waals surface area contributed by atoms with Crippen LogP contribution in [0.1, 0.15) is 34.1 Å². The molecule has 1 aliphatic rings. The second kappa shape index (κ2) is 4.74. The lowest BCUT2D eigenvalue weighted by Gasteiger charge is -2.36. The third-order valence-electron chi connectivity index (χ3n) is 3.19. The predicted molar refractivity (Wildman–Crippen MR) is 59.3 cm³/mol. The monoisotopic (exact) mass is 195 g/mol. The first kappa shape index (κ1) is 11.4. The summed E-state index contributed by atoms with van der Waals surface area (Å²) in [6, 6.07) is 0.395. The summed E-state index contributed by atoms with van der Waals surface area (Å²) in [4.78, 5) is 13.8. The van der Waals surface area contributed by atoms with Crippen molar-refractivity contribution >= 4 is 5.78 Å². The number of ketones is 1. The van der Waals surface area contributed by atoms with E-state index in [0.717, 1.165) is 19.5 Å². The van der Waals surface area contributed by atoms with Gasteiger partial charge in [-0.15, -0.1) is 0 Å². The average Bonchev–Trinajstić information content (AvgIpc) is 2.13. The van der Waals surface area contributed by atoms with Crippen LogP contribution >= 0.6 is 0 Å². The second-order valence-electron chi connectivity index (χ2n) is 4.52. The van der Waals surface area contributed by atoms with E-state index in [4.69, 9.17) is 0 Å². The van der Waals surface area contributed by atoms with Gasteiger partial charge in [0.15, 0.2) is 0 Å². The van der Waals surface area contributed by atoms with E-state index < -0.39 is 0 Å². The number of piperidine rings is 1. The van der Waals surface area contributed by atoms with Gasteiger partial charge in [0.25, 0.3) is 0 Å². The molecule has 0 radical (unpaired) electrons. The van der Waals surface area contributed by atoms with E-state index in [1.807, 2.05) is 6.92 Å². The fraction of sp³-hybridized carbons (Fsp3) is 0.750. The van der Waals surface area contributed by atoms with Crippen LogP contribution in [0.4, 0.5) is 0 Å². The maximum atomic E-state index is 11.4. The van der Waals surface area contributed by atoms with Gasteiger partial charge in [0.05, 0.1) is 0 Å². The van der Waals surface area contributed by atoms with Gasteiger partial charge >= 0.3 is 0 Å². The first-order valence-electron chi connectivity index (χ1n) is 5.42. The zero-order valence-corrected chi connectivity index (χ0v) is 9.71. The Bertz CT molecular complexity index is 241. The van der Waals surface area contributed by atoms with Crippen LogP contribution in [-0.4, -0.2) is 29.8 Å². The predicted octanol–water partition coefficient (Wildman–Crippen LogP) is 2.25. The molecule has 0 saturated carbocycles. The number of Topliss-reactive ketones (excluding diaryl/α,β-unsaturated/α-hetero) is 1. The number of nitrogens with zero attached hydrogens (tertiary/aromatic N) is 1. The summed E-state index contributed by atoms with van der Waals surface area (Å²) < 4.78 is 0. The smallest absolute Gasteiger partial charge is 0.138 e. The lowest BCUT2D eigenvalue weighted by Crippen LogP contribution is -2.46. The Hall–Kier alpha value is -0.630. The highest BCUT2D eigenvalue weighted by atomic mass is 16.1. The van der Waals surface area contributed by atoms with Crippen LogP contribution < -0.4 is 0 Å². The van der Waals surface area contributed by atoms with Gasteiger partial charge in [0, 0.05) is 31.5 Å². The molecule has 0 aliphatic carbocycles. The van der Waals surface area contributed by atoms with Crippen molar-refractivity contribution in [3.8, 4) is 0 Å². The summed E-state index contributed by atoms with van der Waals surface area (Å²) >= 11 is 0. The van der Waals surface area contributed by atoms with E-state index in [9.17, 15) is 4.79 Å². The molecular weight excluding hydrogens is 174 g/mol. The van der Waals surface area contributed by atoms with Crippen molar-refractivity contribution in [1.82, 2.24) is 4.90 Å². The van der Waals surface area contributed by atoms with E-state index in [1.54, 1.807) is 0 Å². The highest BCUT2D eigenvalue weighted by molar-refractivity contribution is 5.82. The zero-order chi connectivity index (χ0) is 10.7. The van der Waals surface area contributed by atoms with Crippen LogP contribution in [0.25, 0.3) is 0 Å². The third-order valence-corrected chi connectivity index (χ3v) is 3.19. The lowest BCUT2D eigenvalue weighted by molar-refractivity contribution is -0.127. The van der Waals surface area contributed by atoms with Crippen molar-refractivity contribution < 1.29 is 4.79 Å². The number of rotatable bonds is 2. The minimum absolute atomic E-state index is 0.203. The summed E-state index contributed by atoms with van der Waals surface area (Å²) in [6.07, 6.45) is 2.96.